The van der Waals surface area contributed by atoms with Crippen molar-refractivity contribution < 1.29 is 14.3 Å². The van der Waals surface area contributed by atoms with Crippen molar-refractivity contribution in [1.29, 1.82) is 0 Å². The fourth-order valence-electron chi connectivity index (χ4n) is 3.76. The minimum absolute atomic E-state index is 0.116. The SMILES string of the molecule is COc1cc2c(cc1OC)C(=O)N(C(C)C1CCCNC1)CC2. The molecule has 1 N–H and O–H groups in total. The van der Waals surface area contributed by atoms with E-state index in [1.807, 2.05) is 17.0 Å². The summed E-state index contributed by atoms with van der Waals surface area (Å²) >= 11 is 0. The Kier molecular flexibility index (Phi) is 4.76. The van der Waals surface area contributed by atoms with Gasteiger partial charge in [0.2, 0.25) is 0 Å². The number of nitrogens with one attached hydrogen (secondary N) is 1. The number of benzene rings is 1. The molecule has 1 aromatic carbocycles. The first-order chi connectivity index (χ1) is 11.2. The Bertz CT molecular complexity index is 582. The van der Waals surface area contributed by atoms with Gasteiger partial charge >= 0.3 is 0 Å². The van der Waals surface area contributed by atoms with Gasteiger partial charge in [-0.2, -0.15) is 0 Å². The summed E-state index contributed by atoms with van der Waals surface area (Å²) in [6.07, 6.45) is 3.25. The average Bonchev–Trinajstić information content (AvgIpc) is 2.61. The minimum atomic E-state index is 0.116. The number of nitrogens with zero attached hydrogens (tertiary/aromatic N) is 1. The molecule has 0 spiro atoms. The molecule has 0 bridgehead atoms. The lowest BCUT2D eigenvalue weighted by Crippen LogP contribution is -2.50. The minimum Gasteiger partial charge on any atom is -0.493 e. The van der Waals surface area contributed by atoms with E-state index in [1.165, 1.54) is 12.8 Å². The molecule has 2 aliphatic heterocycles. The predicted molar refractivity (Wildman–Crippen MR) is 89.3 cm³/mol. The largest absolute Gasteiger partial charge is 0.493 e. The summed E-state index contributed by atoms with van der Waals surface area (Å²) < 4.78 is 10.7. The van der Waals surface area contributed by atoms with Crippen molar-refractivity contribution in [3.8, 4) is 11.5 Å². The summed E-state index contributed by atoms with van der Waals surface area (Å²) in [5.74, 6) is 1.96. The molecule has 126 valence electrons. The fraction of sp³-hybridized carbons (Fsp3) is 0.611. The molecule has 2 atom stereocenters. The maximum atomic E-state index is 13.0. The molecule has 2 aliphatic rings. The zero-order valence-corrected chi connectivity index (χ0v) is 14.2. The maximum absolute atomic E-state index is 13.0. The third-order valence-corrected chi connectivity index (χ3v) is 5.23. The zero-order valence-electron chi connectivity index (χ0n) is 14.2. The van der Waals surface area contributed by atoms with E-state index in [-0.39, 0.29) is 11.9 Å². The van der Waals surface area contributed by atoms with Gasteiger partial charge < -0.3 is 19.7 Å². The lowest BCUT2D eigenvalue weighted by molar-refractivity contribution is 0.0588. The highest BCUT2D eigenvalue weighted by Gasteiger charge is 2.33. The first-order valence-electron chi connectivity index (χ1n) is 8.42. The fourth-order valence-corrected chi connectivity index (χ4v) is 3.76. The van der Waals surface area contributed by atoms with Crippen molar-refractivity contribution in [2.75, 3.05) is 33.9 Å². The molecule has 0 aliphatic carbocycles. The Morgan fingerprint density at radius 2 is 2.00 bits per heavy atom. The van der Waals surface area contributed by atoms with Crippen molar-refractivity contribution in [2.45, 2.75) is 32.2 Å². The van der Waals surface area contributed by atoms with E-state index in [0.29, 0.717) is 17.4 Å². The number of ether oxygens (including phenoxy) is 2. The van der Waals surface area contributed by atoms with Crippen LogP contribution in [0.2, 0.25) is 0 Å². The number of rotatable bonds is 4. The molecule has 1 aromatic rings. The molecule has 1 amide bonds. The standard InChI is InChI=1S/C18H26N2O3/c1-12(14-5-4-7-19-11-14)20-8-6-13-9-16(22-2)17(23-3)10-15(13)18(20)21/h9-10,12,14,19H,4-8,11H2,1-3H3. The van der Waals surface area contributed by atoms with Crippen LogP contribution in [0.15, 0.2) is 12.1 Å². The van der Waals surface area contributed by atoms with E-state index in [2.05, 4.69) is 12.2 Å². The topological polar surface area (TPSA) is 50.8 Å². The van der Waals surface area contributed by atoms with Gasteiger partial charge in [0.1, 0.15) is 0 Å². The number of amides is 1. The van der Waals surface area contributed by atoms with E-state index < -0.39 is 0 Å². The molecule has 23 heavy (non-hydrogen) atoms. The first-order valence-corrected chi connectivity index (χ1v) is 8.42. The number of hydrogen-bond acceptors (Lipinski definition) is 4. The number of hydrogen-bond donors (Lipinski definition) is 1. The van der Waals surface area contributed by atoms with Gasteiger partial charge in [0.05, 0.1) is 14.2 Å². The molecule has 0 radical (unpaired) electrons. The normalized spacial score (nSPS) is 22.5. The van der Waals surface area contributed by atoms with Crippen LogP contribution < -0.4 is 14.8 Å². The molecular formula is C18H26N2O3. The van der Waals surface area contributed by atoms with Gasteiger partial charge in [-0.3, -0.25) is 4.79 Å². The van der Waals surface area contributed by atoms with Crippen molar-refractivity contribution >= 4 is 5.91 Å². The van der Waals surface area contributed by atoms with Crippen LogP contribution in [-0.4, -0.2) is 50.7 Å². The molecule has 5 nitrogen and oxygen atoms in total. The molecule has 2 unspecified atom stereocenters. The molecule has 0 aromatic heterocycles. The summed E-state index contributed by atoms with van der Waals surface area (Å²) in [5.41, 5.74) is 1.81. The van der Waals surface area contributed by atoms with Crippen LogP contribution in [0, 0.1) is 5.92 Å². The Labute approximate surface area is 137 Å². The second kappa shape index (κ2) is 6.79. The number of carbonyl (C=O) groups excluding carboxylic acids is 1. The predicted octanol–water partition coefficient (Wildman–Crippen LogP) is 2.09. The van der Waals surface area contributed by atoms with Gasteiger partial charge in [-0.15, -0.1) is 0 Å². The molecule has 5 heteroatoms. The van der Waals surface area contributed by atoms with Crippen LogP contribution in [0.3, 0.4) is 0 Å². The van der Waals surface area contributed by atoms with E-state index in [0.717, 1.165) is 37.2 Å². The van der Waals surface area contributed by atoms with Gasteiger partial charge in [0.15, 0.2) is 11.5 Å². The van der Waals surface area contributed by atoms with Crippen molar-refractivity contribution in [2.24, 2.45) is 5.92 Å². The highest BCUT2D eigenvalue weighted by atomic mass is 16.5. The number of piperidine rings is 1. The number of fused-ring (bicyclic) bond motifs is 1. The smallest absolute Gasteiger partial charge is 0.254 e. The van der Waals surface area contributed by atoms with Crippen LogP contribution in [0.25, 0.3) is 0 Å². The van der Waals surface area contributed by atoms with Crippen LogP contribution in [0.5, 0.6) is 11.5 Å². The summed E-state index contributed by atoms with van der Waals surface area (Å²) in [4.78, 5) is 15.0. The van der Waals surface area contributed by atoms with Crippen molar-refractivity contribution in [1.82, 2.24) is 10.2 Å². The Hall–Kier alpha value is -1.75. The highest BCUT2D eigenvalue weighted by Crippen LogP contribution is 2.34. The van der Waals surface area contributed by atoms with E-state index in [1.54, 1.807) is 14.2 Å². The lowest BCUT2D eigenvalue weighted by Gasteiger charge is -2.39. The Morgan fingerprint density at radius 3 is 2.65 bits per heavy atom. The maximum Gasteiger partial charge on any atom is 0.254 e. The highest BCUT2D eigenvalue weighted by molar-refractivity contribution is 5.97. The van der Waals surface area contributed by atoms with E-state index >= 15 is 0 Å². The second-order valence-electron chi connectivity index (χ2n) is 6.46. The molecule has 0 saturated carbocycles. The summed E-state index contributed by atoms with van der Waals surface area (Å²) in [7, 11) is 3.23. The summed E-state index contributed by atoms with van der Waals surface area (Å²) in [6, 6.07) is 4.03. The van der Waals surface area contributed by atoms with E-state index in [4.69, 9.17) is 9.47 Å². The van der Waals surface area contributed by atoms with E-state index in [9.17, 15) is 4.79 Å². The molecule has 1 fully saturated rings. The lowest BCUT2D eigenvalue weighted by atomic mass is 9.89. The zero-order chi connectivity index (χ0) is 16.4. The summed E-state index contributed by atoms with van der Waals surface area (Å²) in [6.45, 7) is 5.06. The molecule has 1 saturated heterocycles. The molecule has 3 rings (SSSR count). The third-order valence-electron chi connectivity index (χ3n) is 5.23. The Balaban J connectivity index is 1.84. The van der Waals surface area contributed by atoms with Gasteiger partial charge in [0.25, 0.3) is 5.91 Å². The van der Waals surface area contributed by atoms with Crippen LogP contribution in [0.4, 0.5) is 0 Å². The quantitative estimate of drug-likeness (QED) is 0.923. The Morgan fingerprint density at radius 1 is 1.26 bits per heavy atom. The number of carbonyl (C=O) groups is 1. The van der Waals surface area contributed by atoms with Crippen LogP contribution in [0.1, 0.15) is 35.7 Å². The molecule has 2 heterocycles. The van der Waals surface area contributed by atoms with Gasteiger partial charge in [0, 0.05) is 18.2 Å². The van der Waals surface area contributed by atoms with Crippen molar-refractivity contribution in [3.63, 3.8) is 0 Å². The van der Waals surface area contributed by atoms with Crippen molar-refractivity contribution in [3.05, 3.63) is 23.3 Å². The number of methoxy groups -OCH3 is 2. The second-order valence-corrected chi connectivity index (χ2v) is 6.46. The average molecular weight is 318 g/mol. The molecular weight excluding hydrogens is 292 g/mol. The van der Waals surface area contributed by atoms with Crippen LogP contribution in [-0.2, 0) is 6.42 Å². The summed E-state index contributed by atoms with van der Waals surface area (Å²) in [5, 5.41) is 3.45. The van der Waals surface area contributed by atoms with Gasteiger partial charge in [-0.05, 0) is 62.9 Å². The van der Waals surface area contributed by atoms with Gasteiger partial charge in [-0.1, -0.05) is 0 Å². The monoisotopic (exact) mass is 318 g/mol. The van der Waals surface area contributed by atoms with Gasteiger partial charge in [-0.25, -0.2) is 0 Å². The third kappa shape index (κ3) is 3.02. The first kappa shape index (κ1) is 16.1. The van der Waals surface area contributed by atoms with Crippen LogP contribution >= 0.6 is 0 Å².